The van der Waals surface area contributed by atoms with Gasteiger partial charge >= 0.3 is 5.97 Å². The summed E-state index contributed by atoms with van der Waals surface area (Å²) in [7, 11) is 0. The maximum Gasteiger partial charge on any atom is 0.303 e. The number of aliphatic carboxylic acids is 1. The van der Waals surface area contributed by atoms with Crippen LogP contribution in [-0.2, 0) is 9.59 Å². The van der Waals surface area contributed by atoms with Gasteiger partial charge in [-0.3, -0.25) is 9.59 Å². The molecule has 1 unspecified atom stereocenters. The smallest absolute Gasteiger partial charge is 0.303 e. The molecule has 2 heterocycles. The first kappa shape index (κ1) is 15.3. The van der Waals surface area contributed by atoms with Crippen LogP contribution in [0.4, 0.5) is 0 Å². The van der Waals surface area contributed by atoms with E-state index in [0.717, 1.165) is 32.2 Å². The fraction of sp³-hybridized carbons (Fsp3) is 0.867. The highest BCUT2D eigenvalue weighted by Gasteiger charge is 2.33. The number of carboxylic acid groups (broad SMARTS) is 1. The Morgan fingerprint density at radius 2 is 1.90 bits per heavy atom. The van der Waals surface area contributed by atoms with Crippen LogP contribution < -0.4 is 5.32 Å². The van der Waals surface area contributed by atoms with Gasteiger partial charge in [0.25, 0.3) is 0 Å². The lowest BCUT2D eigenvalue weighted by Crippen LogP contribution is -2.53. The van der Waals surface area contributed by atoms with Gasteiger partial charge in [-0.2, -0.15) is 0 Å². The van der Waals surface area contributed by atoms with Gasteiger partial charge in [-0.05, 0) is 37.0 Å². The molecule has 1 amide bonds. The van der Waals surface area contributed by atoms with Crippen LogP contribution in [0.3, 0.4) is 0 Å². The number of carboxylic acids is 1. The SMILES string of the molecule is CC1(C)CCC(C(=O)N2CCC(CC(=O)O)CC2)NC1. The molecule has 5 heteroatoms. The highest BCUT2D eigenvalue weighted by molar-refractivity contribution is 5.82. The molecule has 0 aromatic carbocycles. The molecule has 2 aliphatic heterocycles. The Balaban J connectivity index is 1.79. The quantitative estimate of drug-likeness (QED) is 0.822. The van der Waals surface area contributed by atoms with Gasteiger partial charge in [0.15, 0.2) is 0 Å². The molecule has 2 N–H and O–H groups in total. The number of carbonyl (C=O) groups excluding carboxylic acids is 1. The third kappa shape index (κ3) is 3.95. The summed E-state index contributed by atoms with van der Waals surface area (Å²) < 4.78 is 0. The summed E-state index contributed by atoms with van der Waals surface area (Å²) in [6.45, 7) is 6.74. The van der Waals surface area contributed by atoms with Crippen molar-refractivity contribution in [2.24, 2.45) is 11.3 Å². The second kappa shape index (κ2) is 6.12. The standard InChI is InChI=1S/C15H26N2O3/c1-15(2)6-3-12(16-10-15)14(20)17-7-4-11(5-8-17)9-13(18)19/h11-12,16H,3-10H2,1-2H3,(H,18,19). The Hall–Kier alpha value is -1.10. The Kier molecular flexibility index (Phi) is 4.68. The summed E-state index contributed by atoms with van der Waals surface area (Å²) in [6.07, 6.45) is 3.84. The van der Waals surface area contributed by atoms with E-state index in [4.69, 9.17) is 5.11 Å². The Morgan fingerprint density at radius 3 is 2.40 bits per heavy atom. The van der Waals surface area contributed by atoms with Crippen molar-refractivity contribution in [2.45, 2.75) is 52.0 Å². The van der Waals surface area contributed by atoms with Gasteiger partial charge in [0.2, 0.25) is 5.91 Å². The zero-order valence-corrected chi connectivity index (χ0v) is 12.5. The number of nitrogens with zero attached hydrogens (tertiary/aromatic N) is 1. The first-order valence-corrected chi connectivity index (χ1v) is 7.61. The maximum atomic E-state index is 12.4. The number of amides is 1. The molecule has 0 aliphatic carbocycles. The lowest BCUT2D eigenvalue weighted by molar-refractivity contribution is -0.139. The summed E-state index contributed by atoms with van der Waals surface area (Å²) in [4.78, 5) is 25.1. The lowest BCUT2D eigenvalue weighted by Gasteiger charge is -2.39. The number of carbonyl (C=O) groups is 2. The fourth-order valence-corrected chi connectivity index (χ4v) is 3.16. The molecule has 2 aliphatic rings. The van der Waals surface area contributed by atoms with Crippen LogP contribution in [0.15, 0.2) is 0 Å². The van der Waals surface area contributed by atoms with Crippen molar-refractivity contribution in [3.63, 3.8) is 0 Å². The number of hydrogen-bond donors (Lipinski definition) is 2. The van der Waals surface area contributed by atoms with Gasteiger partial charge in [0.1, 0.15) is 0 Å². The van der Waals surface area contributed by atoms with E-state index in [2.05, 4.69) is 19.2 Å². The zero-order chi connectivity index (χ0) is 14.8. The van der Waals surface area contributed by atoms with Gasteiger partial charge in [-0.15, -0.1) is 0 Å². The summed E-state index contributed by atoms with van der Waals surface area (Å²) in [5, 5.41) is 12.2. The third-order valence-electron chi connectivity index (χ3n) is 4.62. The van der Waals surface area contributed by atoms with Crippen LogP contribution in [0.1, 0.15) is 46.0 Å². The van der Waals surface area contributed by atoms with Crippen molar-refractivity contribution in [3.8, 4) is 0 Å². The molecule has 2 saturated heterocycles. The van der Waals surface area contributed by atoms with E-state index in [1.165, 1.54) is 0 Å². The second-order valence-electron chi connectivity index (χ2n) is 7.00. The summed E-state index contributed by atoms with van der Waals surface area (Å²) in [5.41, 5.74) is 0.283. The molecule has 2 fully saturated rings. The molecule has 0 radical (unpaired) electrons. The molecular weight excluding hydrogens is 256 g/mol. The van der Waals surface area contributed by atoms with Crippen molar-refractivity contribution in [2.75, 3.05) is 19.6 Å². The van der Waals surface area contributed by atoms with Crippen LogP contribution in [0.25, 0.3) is 0 Å². The monoisotopic (exact) mass is 282 g/mol. The van der Waals surface area contributed by atoms with E-state index in [1.807, 2.05) is 4.90 Å². The average Bonchev–Trinajstić information content (AvgIpc) is 2.38. The summed E-state index contributed by atoms with van der Waals surface area (Å²) in [5.74, 6) is -0.296. The van der Waals surface area contributed by atoms with E-state index in [-0.39, 0.29) is 29.7 Å². The molecule has 114 valence electrons. The number of nitrogens with one attached hydrogen (secondary N) is 1. The van der Waals surface area contributed by atoms with Gasteiger partial charge in [-0.1, -0.05) is 13.8 Å². The summed E-state index contributed by atoms with van der Waals surface area (Å²) in [6, 6.07) is -0.0425. The predicted octanol–water partition coefficient (Wildman–Crippen LogP) is 1.48. The first-order valence-electron chi connectivity index (χ1n) is 7.61. The first-order chi connectivity index (χ1) is 9.37. The van der Waals surface area contributed by atoms with Gasteiger partial charge in [0.05, 0.1) is 6.04 Å². The van der Waals surface area contributed by atoms with Gasteiger partial charge in [0, 0.05) is 26.1 Å². The molecule has 1 atom stereocenters. The molecule has 0 bridgehead atoms. The molecule has 0 aromatic rings. The predicted molar refractivity (Wildman–Crippen MR) is 76.4 cm³/mol. The van der Waals surface area contributed by atoms with Crippen molar-refractivity contribution >= 4 is 11.9 Å². The average molecular weight is 282 g/mol. The molecule has 0 saturated carbocycles. The Morgan fingerprint density at radius 1 is 1.25 bits per heavy atom. The van der Waals surface area contributed by atoms with Crippen LogP contribution in [-0.4, -0.2) is 47.6 Å². The highest BCUT2D eigenvalue weighted by Crippen LogP contribution is 2.28. The van der Waals surface area contributed by atoms with E-state index < -0.39 is 5.97 Å². The van der Waals surface area contributed by atoms with E-state index >= 15 is 0 Å². The molecular formula is C15H26N2O3. The molecule has 0 aromatic heterocycles. The minimum absolute atomic E-state index is 0.0425. The third-order valence-corrected chi connectivity index (χ3v) is 4.62. The van der Waals surface area contributed by atoms with Gasteiger partial charge < -0.3 is 15.3 Å². The number of rotatable bonds is 3. The van der Waals surface area contributed by atoms with Crippen molar-refractivity contribution in [1.29, 1.82) is 0 Å². The summed E-state index contributed by atoms with van der Waals surface area (Å²) >= 11 is 0. The van der Waals surface area contributed by atoms with Crippen LogP contribution >= 0.6 is 0 Å². The van der Waals surface area contributed by atoms with Crippen LogP contribution in [0.2, 0.25) is 0 Å². The van der Waals surface area contributed by atoms with E-state index in [1.54, 1.807) is 0 Å². The lowest BCUT2D eigenvalue weighted by atomic mass is 9.82. The van der Waals surface area contributed by atoms with Crippen molar-refractivity contribution in [1.82, 2.24) is 10.2 Å². The highest BCUT2D eigenvalue weighted by atomic mass is 16.4. The Bertz CT molecular complexity index is 363. The van der Waals surface area contributed by atoms with Crippen molar-refractivity contribution in [3.05, 3.63) is 0 Å². The molecule has 5 nitrogen and oxygen atoms in total. The van der Waals surface area contributed by atoms with Crippen molar-refractivity contribution < 1.29 is 14.7 Å². The number of likely N-dealkylation sites (tertiary alicyclic amines) is 1. The zero-order valence-electron chi connectivity index (χ0n) is 12.5. The fourth-order valence-electron chi connectivity index (χ4n) is 3.16. The molecule has 20 heavy (non-hydrogen) atoms. The van der Waals surface area contributed by atoms with E-state index in [9.17, 15) is 9.59 Å². The van der Waals surface area contributed by atoms with Gasteiger partial charge in [-0.25, -0.2) is 0 Å². The largest absolute Gasteiger partial charge is 0.481 e. The maximum absolute atomic E-state index is 12.4. The number of piperidine rings is 2. The van der Waals surface area contributed by atoms with E-state index in [0.29, 0.717) is 13.1 Å². The van der Waals surface area contributed by atoms with Crippen LogP contribution in [0.5, 0.6) is 0 Å². The second-order valence-corrected chi connectivity index (χ2v) is 7.00. The normalized spacial score (nSPS) is 27.3. The molecule has 0 spiro atoms. The van der Waals surface area contributed by atoms with Crippen LogP contribution in [0, 0.1) is 11.3 Å². The minimum atomic E-state index is -0.731. The number of hydrogen-bond acceptors (Lipinski definition) is 3. The Labute approximate surface area is 120 Å². The minimum Gasteiger partial charge on any atom is -0.481 e. The topological polar surface area (TPSA) is 69.6 Å². The molecule has 2 rings (SSSR count).